The monoisotopic (exact) mass is 698 g/mol. The van der Waals surface area contributed by atoms with Crippen LogP contribution in [0.25, 0.3) is 11.1 Å². The van der Waals surface area contributed by atoms with E-state index in [1.165, 1.54) is 13.2 Å². The van der Waals surface area contributed by atoms with Crippen LogP contribution < -0.4 is 26.0 Å². The Morgan fingerprint density at radius 2 is 1.69 bits per heavy atom. The van der Waals surface area contributed by atoms with Crippen molar-refractivity contribution in [1.29, 1.82) is 0 Å². The van der Waals surface area contributed by atoms with E-state index in [9.17, 15) is 18.8 Å². The number of carbonyl (C=O) groups is 3. The maximum atomic E-state index is 14.9. The zero-order chi connectivity index (χ0) is 34.4. The van der Waals surface area contributed by atoms with E-state index in [2.05, 4.69) is 26.4 Å². The van der Waals surface area contributed by atoms with Crippen LogP contribution in [-0.4, -0.2) is 64.6 Å². The Kier molecular flexibility index (Phi) is 11.3. The Morgan fingerprint density at radius 1 is 1.02 bits per heavy atom. The van der Waals surface area contributed by atoms with Gasteiger partial charge < -0.3 is 30.9 Å². The molecule has 0 spiro atoms. The summed E-state index contributed by atoms with van der Waals surface area (Å²) >= 11 is 13.5. The molecule has 48 heavy (non-hydrogen) atoms. The number of anilines is 2. The number of aromatic nitrogens is 2. The van der Waals surface area contributed by atoms with E-state index < -0.39 is 23.6 Å². The Bertz CT molecular complexity index is 1850. The smallest absolute Gasteiger partial charge is 0.317 e. The van der Waals surface area contributed by atoms with Gasteiger partial charge in [0, 0.05) is 47.9 Å². The molecule has 5 rings (SSSR count). The molecule has 2 amide bonds. The van der Waals surface area contributed by atoms with Crippen LogP contribution in [0.2, 0.25) is 10.0 Å². The lowest BCUT2D eigenvalue weighted by Gasteiger charge is -2.23. The first-order valence-corrected chi connectivity index (χ1v) is 15.8. The van der Waals surface area contributed by atoms with E-state index in [1.807, 2.05) is 0 Å². The number of amides is 2. The first-order chi connectivity index (χ1) is 23.1. The normalized spacial score (nSPS) is 13.9. The van der Waals surface area contributed by atoms with Crippen LogP contribution in [0.15, 0.2) is 54.6 Å². The van der Waals surface area contributed by atoms with Crippen molar-refractivity contribution >= 4 is 52.4 Å². The molecule has 6 N–H and O–H groups in total. The average Bonchev–Trinajstić information content (AvgIpc) is 3.52. The highest BCUT2D eigenvalue weighted by Crippen LogP contribution is 2.40. The van der Waals surface area contributed by atoms with Gasteiger partial charge in [-0.3, -0.25) is 24.4 Å². The van der Waals surface area contributed by atoms with Gasteiger partial charge >= 0.3 is 5.97 Å². The van der Waals surface area contributed by atoms with Crippen LogP contribution >= 0.6 is 23.2 Å². The molecular formula is C33H33Cl2FN6O6. The molecule has 0 radical (unpaired) electrons. The third kappa shape index (κ3) is 7.77. The zero-order valence-corrected chi connectivity index (χ0v) is 27.3. The quantitative estimate of drug-likeness (QED) is 0.104. The van der Waals surface area contributed by atoms with Gasteiger partial charge in [-0.2, -0.15) is 5.10 Å². The van der Waals surface area contributed by atoms with E-state index in [0.717, 1.165) is 24.6 Å². The lowest BCUT2D eigenvalue weighted by Crippen LogP contribution is -2.31. The summed E-state index contributed by atoms with van der Waals surface area (Å²) in [6.07, 6.45) is 1.50. The van der Waals surface area contributed by atoms with E-state index in [4.69, 9.17) is 38.2 Å². The number of aliphatic carboxylic acids is 1. The first-order valence-electron chi connectivity index (χ1n) is 15.0. The molecule has 0 saturated heterocycles. The number of nitrogens with zero attached hydrogens (tertiary/aromatic N) is 2. The van der Waals surface area contributed by atoms with Crippen molar-refractivity contribution in [3.8, 4) is 16.9 Å². The first kappa shape index (κ1) is 34.8. The largest absolute Gasteiger partial charge is 0.496 e. The highest BCUT2D eigenvalue weighted by atomic mass is 35.5. The molecule has 1 unspecified atom stereocenters. The predicted molar refractivity (Wildman–Crippen MR) is 179 cm³/mol. The number of fused-ring (bicyclic) bond motifs is 1. The number of benzene rings is 3. The van der Waals surface area contributed by atoms with Gasteiger partial charge in [-0.15, -0.1) is 0 Å². The number of aryl methyl sites for hydroxylation is 1. The number of carbonyl (C=O) groups excluding carboxylic acids is 2. The molecule has 0 bridgehead atoms. The molecule has 1 aromatic heterocycles. The second-order valence-corrected chi connectivity index (χ2v) is 11.7. The Labute approximate surface area is 285 Å². The molecule has 15 heteroatoms. The van der Waals surface area contributed by atoms with E-state index in [0.29, 0.717) is 23.4 Å². The van der Waals surface area contributed by atoms with Crippen molar-refractivity contribution in [2.45, 2.75) is 32.0 Å². The standard InChI is InChI=1S/C33H33Cl2FN6O6/c1-48-28-14-18(13-22(36)21(28)16-37-10-12-43)32(46)39-24-7-2-5-19(30(24)34)20-6-3-8-25(31(20)35)40-33(47)26-15-27-23(38-17-29(44)45)9-4-11-42(27)41-26/h2-3,5-8,13-15,23,37-38,43H,4,9-12,16-17H2,1H3,(H,39,46)(H,40,47)(H,44,45). The Morgan fingerprint density at radius 3 is 2.31 bits per heavy atom. The van der Waals surface area contributed by atoms with Crippen molar-refractivity contribution in [3.05, 3.63) is 93.0 Å². The van der Waals surface area contributed by atoms with Crippen molar-refractivity contribution < 1.29 is 33.7 Å². The van der Waals surface area contributed by atoms with E-state index in [1.54, 1.807) is 47.1 Å². The van der Waals surface area contributed by atoms with Gasteiger partial charge in [0.1, 0.15) is 11.6 Å². The van der Waals surface area contributed by atoms with Crippen LogP contribution in [0.1, 0.15) is 51.0 Å². The minimum Gasteiger partial charge on any atom is -0.496 e. The number of ether oxygens (including phenoxy) is 1. The highest BCUT2D eigenvalue weighted by Gasteiger charge is 2.26. The van der Waals surface area contributed by atoms with Crippen LogP contribution in [0.3, 0.4) is 0 Å². The van der Waals surface area contributed by atoms with Gasteiger partial charge in [-0.25, -0.2) is 4.39 Å². The second kappa shape index (κ2) is 15.6. The molecule has 1 aliphatic rings. The van der Waals surface area contributed by atoms with Gasteiger partial charge in [-0.1, -0.05) is 47.5 Å². The van der Waals surface area contributed by atoms with E-state index in [-0.39, 0.29) is 70.6 Å². The topological polar surface area (TPSA) is 167 Å². The summed E-state index contributed by atoms with van der Waals surface area (Å²) in [5.74, 6) is -2.59. The molecule has 0 aliphatic carbocycles. The number of nitrogens with one attached hydrogen (secondary N) is 4. The van der Waals surface area contributed by atoms with Gasteiger partial charge in [0.2, 0.25) is 0 Å². The molecule has 0 saturated carbocycles. The number of hydrogen-bond acceptors (Lipinski definition) is 8. The molecule has 1 aliphatic heterocycles. The van der Waals surface area contributed by atoms with Gasteiger partial charge in [0.05, 0.1) is 47.4 Å². The van der Waals surface area contributed by atoms with Crippen molar-refractivity contribution in [3.63, 3.8) is 0 Å². The van der Waals surface area contributed by atoms with Gasteiger partial charge in [0.15, 0.2) is 5.69 Å². The second-order valence-electron chi connectivity index (χ2n) is 10.9. The minimum atomic E-state index is -0.974. The van der Waals surface area contributed by atoms with Crippen LogP contribution in [-0.2, 0) is 17.9 Å². The third-order valence-electron chi connectivity index (χ3n) is 7.77. The summed E-state index contributed by atoms with van der Waals surface area (Å²) in [6.45, 7) is 0.645. The summed E-state index contributed by atoms with van der Waals surface area (Å²) in [7, 11) is 1.37. The molecule has 252 valence electrons. The molecule has 4 aromatic rings. The average molecular weight is 700 g/mol. The van der Waals surface area contributed by atoms with Crippen LogP contribution in [0, 0.1) is 5.82 Å². The maximum absolute atomic E-state index is 14.9. The minimum absolute atomic E-state index is 0.00409. The Balaban J connectivity index is 1.34. The van der Waals surface area contributed by atoms with Crippen molar-refractivity contribution in [2.75, 3.05) is 37.4 Å². The van der Waals surface area contributed by atoms with Gasteiger partial charge in [-0.05, 0) is 43.2 Å². The van der Waals surface area contributed by atoms with Crippen LogP contribution in [0.5, 0.6) is 5.75 Å². The molecule has 1 atom stereocenters. The summed E-state index contributed by atoms with van der Waals surface area (Å²) in [6, 6.07) is 13.9. The maximum Gasteiger partial charge on any atom is 0.317 e. The fourth-order valence-corrected chi connectivity index (χ4v) is 6.00. The number of methoxy groups -OCH3 is 1. The SMILES string of the molecule is COc1cc(C(=O)Nc2cccc(-c3cccc(NC(=O)c4cc5n(n4)CCCC5NCC(=O)O)c3Cl)c2Cl)cc(F)c1CNCCO. The number of hydrogen-bond donors (Lipinski definition) is 6. The summed E-state index contributed by atoms with van der Waals surface area (Å²) < 4.78 is 21.9. The lowest BCUT2D eigenvalue weighted by molar-refractivity contribution is -0.136. The fraction of sp³-hybridized carbons (Fsp3) is 0.273. The molecule has 3 aromatic carbocycles. The number of carboxylic acid groups (broad SMARTS) is 1. The summed E-state index contributed by atoms with van der Waals surface area (Å²) in [4.78, 5) is 37.5. The van der Waals surface area contributed by atoms with Crippen molar-refractivity contribution in [2.24, 2.45) is 0 Å². The summed E-state index contributed by atoms with van der Waals surface area (Å²) in [5, 5.41) is 34.2. The van der Waals surface area contributed by atoms with Crippen LogP contribution in [0.4, 0.5) is 15.8 Å². The number of aliphatic hydroxyl groups excluding tert-OH is 1. The molecule has 2 heterocycles. The Hall–Kier alpha value is -4.53. The molecule has 12 nitrogen and oxygen atoms in total. The predicted octanol–water partition coefficient (Wildman–Crippen LogP) is 5.10. The van der Waals surface area contributed by atoms with Crippen molar-refractivity contribution in [1.82, 2.24) is 20.4 Å². The third-order valence-corrected chi connectivity index (χ3v) is 8.59. The zero-order valence-electron chi connectivity index (χ0n) is 25.8. The summed E-state index contributed by atoms with van der Waals surface area (Å²) in [5.41, 5.74) is 2.59. The number of aliphatic hydroxyl groups is 1. The molecule has 0 fully saturated rings. The van der Waals surface area contributed by atoms with E-state index >= 15 is 0 Å². The number of halogens is 3. The van der Waals surface area contributed by atoms with Gasteiger partial charge in [0.25, 0.3) is 11.8 Å². The number of rotatable bonds is 13. The fourth-order valence-electron chi connectivity index (χ4n) is 5.45. The number of carboxylic acids is 1. The molecular weight excluding hydrogens is 666 g/mol. The lowest BCUT2D eigenvalue weighted by atomic mass is 10.0. The highest BCUT2D eigenvalue weighted by molar-refractivity contribution is 6.40.